The number of H-pyrrole nitrogens is 1. The maximum atomic E-state index is 9.62. The van der Waals surface area contributed by atoms with Crippen molar-refractivity contribution in [3.63, 3.8) is 0 Å². The van der Waals surface area contributed by atoms with Crippen LogP contribution in [-0.4, -0.2) is 20.4 Å². The highest BCUT2D eigenvalue weighted by molar-refractivity contribution is 6.33. The van der Waals surface area contributed by atoms with Crippen molar-refractivity contribution in [2.45, 2.75) is 0 Å². The summed E-state index contributed by atoms with van der Waals surface area (Å²) in [6.45, 7) is 0. The van der Waals surface area contributed by atoms with E-state index in [0.717, 1.165) is 0 Å². The van der Waals surface area contributed by atoms with Gasteiger partial charge in [0, 0.05) is 6.07 Å². The van der Waals surface area contributed by atoms with Crippen LogP contribution in [0.4, 0.5) is 5.82 Å². The third kappa shape index (κ3) is 1.57. The van der Waals surface area contributed by atoms with Crippen molar-refractivity contribution >= 4 is 17.4 Å². The molecule has 0 saturated heterocycles. The summed E-state index contributed by atoms with van der Waals surface area (Å²) in [6.07, 6.45) is 0. The van der Waals surface area contributed by atoms with E-state index in [1.165, 1.54) is 18.2 Å². The number of rotatable bonds is 1. The van der Waals surface area contributed by atoms with E-state index >= 15 is 0 Å². The number of nitrogen functional groups attached to an aromatic ring is 1. The Kier molecular flexibility index (Phi) is 2.17. The van der Waals surface area contributed by atoms with Gasteiger partial charge in [0.1, 0.15) is 5.82 Å². The summed E-state index contributed by atoms with van der Waals surface area (Å²) < 4.78 is 0. The first-order chi connectivity index (χ1) is 7.09. The Morgan fingerprint density at radius 3 is 2.67 bits per heavy atom. The number of nitrogens with zero attached hydrogens (tertiary/aromatic N) is 1. The molecule has 0 bridgehead atoms. The number of nitrogens with two attached hydrogens (primary N) is 1. The number of aromatic amines is 1. The van der Waals surface area contributed by atoms with Gasteiger partial charge in [-0.2, -0.15) is 5.10 Å². The first-order valence-corrected chi connectivity index (χ1v) is 4.49. The predicted octanol–water partition coefficient (Wildman–Crippen LogP) is 1.72. The maximum Gasteiger partial charge on any atom is 0.168 e. The SMILES string of the molecule is Nc1cc(-c2c(Cl)ccc(O)c2O)[nH]n1. The molecule has 15 heavy (non-hydrogen) atoms. The number of halogens is 1. The van der Waals surface area contributed by atoms with Gasteiger partial charge in [0.05, 0.1) is 16.3 Å². The van der Waals surface area contributed by atoms with Crippen LogP contribution in [0.1, 0.15) is 0 Å². The third-order valence-corrected chi connectivity index (χ3v) is 2.29. The minimum absolute atomic E-state index is 0.248. The van der Waals surface area contributed by atoms with Crippen LogP contribution in [0.15, 0.2) is 18.2 Å². The van der Waals surface area contributed by atoms with Gasteiger partial charge in [-0.05, 0) is 12.1 Å². The lowest BCUT2D eigenvalue weighted by Crippen LogP contribution is -1.82. The molecule has 0 saturated carbocycles. The molecule has 1 aromatic carbocycles. The first kappa shape index (κ1) is 9.67. The molecule has 0 fully saturated rings. The summed E-state index contributed by atoms with van der Waals surface area (Å²) in [5.41, 5.74) is 6.15. The number of phenols is 2. The normalized spacial score (nSPS) is 10.5. The second-order valence-corrected chi connectivity index (χ2v) is 3.40. The van der Waals surface area contributed by atoms with Gasteiger partial charge in [0.25, 0.3) is 0 Å². The molecule has 0 atom stereocenters. The van der Waals surface area contributed by atoms with E-state index in [-0.39, 0.29) is 22.9 Å². The zero-order valence-corrected chi connectivity index (χ0v) is 8.28. The van der Waals surface area contributed by atoms with Crippen LogP contribution in [0.25, 0.3) is 11.3 Å². The number of hydrogen-bond donors (Lipinski definition) is 4. The number of phenolic OH excluding ortho intramolecular Hbond substituents is 2. The van der Waals surface area contributed by atoms with Gasteiger partial charge in [-0.15, -0.1) is 0 Å². The van der Waals surface area contributed by atoms with E-state index in [1.807, 2.05) is 0 Å². The number of hydrogen-bond acceptors (Lipinski definition) is 4. The molecule has 5 nitrogen and oxygen atoms in total. The van der Waals surface area contributed by atoms with E-state index in [4.69, 9.17) is 17.3 Å². The number of anilines is 1. The average molecular weight is 226 g/mol. The summed E-state index contributed by atoms with van der Waals surface area (Å²) >= 11 is 5.89. The minimum Gasteiger partial charge on any atom is -0.504 e. The van der Waals surface area contributed by atoms with Crippen molar-refractivity contribution in [1.29, 1.82) is 0 Å². The highest BCUT2D eigenvalue weighted by Gasteiger charge is 2.14. The lowest BCUT2D eigenvalue weighted by Gasteiger charge is -2.05. The number of aromatic hydroxyl groups is 2. The molecule has 2 aromatic rings. The molecule has 0 aliphatic rings. The molecule has 2 rings (SSSR count). The third-order valence-electron chi connectivity index (χ3n) is 1.97. The van der Waals surface area contributed by atoms with Gasteiger partial charge in [0.2, 0.25) is 0 Å². The molecular formula is C9H8ClN3O2. The Bertz CT molecular complexity index is 510. The predicted molar refractivity (Wildman–Crippen MR) is 56.8 cm³/mol. The van der Waals surface area contributed by atoms with Crippen molar-refractivity contribution in [2.24, 2.45) is 0 Å². The molecular weight excluding hydrogens is 218 g/mol. The molecule has 1 aromatic heterocycles. The lowest BCUT2D eigenvalue weighted by molar-refractivity contribution is 0.405. The monoisotopic (exact) mass is 225 g/mol. The minimum atomic E-state index is -0.300. The molecule has 0 spiro atoms. The Morgan fingerprint density at radius 2 is 2.07 bits per heavy atom. The summed E-state index contributed by atoms with van der Waals surface area (Å²) in [5, 5.41) is 25.5. The molecule has 0 aliphatic carbocycles. The Labute approximate surface area is 90.1 Å². The van der Waals surface area contributed by atoms with Gasteiger partial charge in [-0.1, -0.05) is 11.6 Å². The fourth-order valence-corrected chi connectivity index (χ4v) is 1.53. The van der Waals surface area contributed by atoms with Gasteiger partial charge >= 0.3 is 0 Å². The van der Waals surface area contributed by atoms with Crippen LogP contribution >= 0.6 is 11.6 Å². The zero-order chi connectivity index (χ0) is 11.0. The van der Waals surface area contributed by atoms with Crippen LogP contribution in [-0.2, 0) is 0 Å². The second-order valence-electron chi connectivity index (χ2n) is 3.00. The van der Waals surface area contributed by atoms with E-state index in [9.17, 15) is 10.2 Å². The van der Waals surface area contributed by atoms with Crippen LogP contribution in [0.3, 0.4) is 0 Å². The van der Waals surface area contributed by atoms with Gasteiger partial charge in [-0.25, -0.2) is 0 Å². The molecule has 0 aliphatic heterocycles. The van der Waals surface area contributed by atoms with Crippen molar-refractivity contribution < 1.29 is 10.2 Å². The highest BCUT2D eigenvalue weighted by atomic mass is 35.5. The van der Waals surface area contributed by atoms with E-state index < -0.39 is 0 Å². The molecule has 78 valence electrons. The standard InChI is InChI=1S/C9H8ClN3O2/c10-4-1-2-6(14)9(15)8(4)5-3-7(11)13-12-5/h1-3,14-15H,(H3,11,12,13). The quantitative estimate of drug-likeness (QED) is 0.556. The highest BCUT2D eigenvalue weighted by Crippen LogP contribution is 2.40. The Hall–Kier alpha value is -1.88. The number of benzene rings is 1. The topological polar surface area (TPSA) is 95.2 Å². The van der Waals surface area contributed by atoms with Crippen LogP contribution in [0.5, 0.6) is 11.5 Å². The van der Waals surface area contributed by atoms with E-state index in [2.05, 4.69) is 10.2 Å². The summed E-state index contributed by atoms with van der Waals surface area (Å²) in [6, 6.07) is 4.30. The lowest BCUT2D eigenvalue weighted by atomic mass is 10.1. The first-order valence-electron chi connectivity index (χ1n) is 4.11. The summed E-state index contributed by atoms with van der Waals surface area (Å²) in [5.74, 6) is -0.266. The number of nitrogens with one attached hydrogen (secondary N) is 1. The number of aromatic nitrogens is 2. The van der Waals surface area contributed by atoms with E-state index in [1.54, 1.807) is 0 Å². The molecule has 5 N–H and O–H groups in total. The van der Waals surface area contributed by atoms with Crippen molar-refractivity contribution in [2.75, 3.05) is 5.73 Å². The molecule has 0 amide bonds. The summed E-state index contributed by atoms with van der Waals surface area (Å²) in [4.78, 5) is 0. The average Bonchev–Trinajstić information content (AvgIpc) is 2.59. The van der Waals surface area contributed by atoms with Crippen molar-refractivity contribution in [3.05, 3.63) is 23.2 Å². The van der Waals surface area contributed by atoms with Crippen LogP contribution in [0, 0.1) is 0 Å². The fraction of sp³-hybridized carbons (Fsp3) is 0. The molecule has 6 heteroatoms. The van der Waals surface area contributed by atoms with E-state index in [0.29, 0.717) is 10.7 Å². The Morgan fingerprint density at radius 1 is 1.33 bits per heavy atom. The van der Waals surface area contributed by atoms with Gasteiger partial charge < -0.3 is 15.9 Å². The maximum absolute atomic E-state index is 9.62. The van der Waals surface area contributed by atoms with Crippen molar-refractivity contribution in [3.8, 4) is 22.8 Å². The smallest absolute Gasteiger partial charge is 0.168 e. The van der Waals surface area contributed by atoms with Crippen LogP contribution < -0.4 is 5.73 Å². The molecule has 1 heterocycles. The van der Waals surface area contributed by atoms with Gasteiger partial charge in [0.15, 0.2) is 11.5 Å². The van der Waals surface area contributed by atoms with Crippen LogP contribution in [0.2, 0.25) is 5.02 Å². The second kappa shape index (κ2) is 3.36. The van der Waals surface area contributed by atoms with Gasteiger partial charge in [-0.3, -0.25) is 5.10 Å². The zero-order valence-electron chi connectivity index (χ0n) is 7.53. The molecule has 0 unspecified atom stereocenters. The largest absolute Gasteiger partial charge is 0.504 e. The fourth-order valence-electron chi connectivity index (χ4n) is 1.28. The summed E-state index contributed by atoms with van der Waals surface area (Å²) in [7, 11) is 0. The Balaban J connectivity index is 2.66. The van der Waals surface area contributed by atoms with Crippen molar-refractivity contribution in [1.82, 2.24) is 10.2 Å². The molecule has 0 radical (unpaired) electrons.